The molecular formula is C23H25N5O3. The Morgan fingerprint density at radius 2 is 2.00 bits per heavy atom. The molecule has 8 heteroatoms. The minimum absolute atomic E-state index is 0.131. The van der Waals surface area contributed by atoms with Crippen LogP contribution in [0.1, 0.15) is 30.5 Å². The van der Waals surface area contributed by atoms with Crippen molar-refractivity contribution < 1.29 is 14.6 Å². The number of aliphatic hydroxyl groups is 1. The molecule has 31 heavy (non-hydrogen) atoms. The molecule has 4 aromatic rings. The van der Waals surface area contributed by atoms with Crippen LogP contribution in [0.15, 0.2) is 55.0 Å². The molecule has 1 saturated heterocycles. The van der Waals surface area contributed by atoms with E-state index in [-0.39, 0.29) is 25.3 Å². The summed E-state index contributed by atoms with van der Waals surface area (Å²) < 4.78 is 9.36. The highest BCUT2D eigenvalue weighted by molar-refractivity contribution is 5.76. The molecule has 8 nitrogen and oxygen atoms in total. The Labute approximate surface area is 179 Å². The number of ether oxygens (including phenoxy) is 1. The minimum Gasteiger partial charge on any atom is -0.445 e. The summed E-state index contributed by atoms with van der Waals surface area (Å²) in [6.45, 7) is 3.54. The number of carbonyl (C=O) groups is 1. The van der Waals surface area contributed by atoms with E-state index in [2.05, 4.69) is 21.3 Å². The van der Waals surface area contributed by atoms with Crippen molar-refractivity contribution in [3.05, 3.63) is 66.2 Å². The van der Waals surface area contributed by atoms with E-state index in [9.17, 15) is 9.90 Å². The molecule has 0 spiro atoms. The first-order valence-corrected chi connectivity index (χ1v) is 10.6. The largest absolute Gasteiger partial charge is 0.445 e. The number of fused-ring (bicyclic) bond motifs is 3. The van der Waals surface area contributed by atoms with Gasteiger partial charge in [0.25, 0.3) is 0 Å². The highest BCUT2D eigenvalue weighted by Gasteiger charge is 2.37. The number of benzene rings is 1. The van der Waals surface area contributed by atoms with Crippen LogP contribution < -0.4 is 0 Å². The fourth-order valence-electron chi connectivity index (χ4n) is 4.58. The van der Waals surface area contributed by atoms with Crippen LogP contribution in [-0.4, -0.2) is 48.1 Å². The van der Waals surface area contributed by atoms with Crippen molar-refractivity contribution in [1.29, 1.82) is 0 Å². The maximum absolute atomic E-state index is 12.8. The normalized spacial score (nSPS) is 18.8. The van der Waals surface area contributed by atoms with Gasteiger partial charge < -0.3 is 19.3 Å². The van der Waals surface area contributed by atoms with E-state index in [0.717, 1.165) is 28.8 Å². The highest BCUT2D eigenvalue weighted by atomic mass is 16.6. The van der Waals surface area contributed by atoms with Gasteiger partial charge in [-0.15, -0.1) is 0 Å². The Bertz CT molecular complexity index is 1220. The Balaban J connectivity index is 1.41. The number of carbonyl (C=O) groups excluding carboxylic acids is 1. The SMILES string of the molecule is CC[C@@H]1CN(C(=O)OCc2ccccc2)C[C@@H]1c1cnc2cnc3c(ccn3CO)n12. The predicted molar refractivity (Wildman–Crippen MR) is 115 cm³/mol. The van der Waals surface area contributed by atoms with Gasteiger partial charge in [-0.3, -0.25) is 4.40 Å². The number of imidazole rings is 1. The molecule has 0 radical (unpaired) electrons. The van der Waals surface area contributed by atoms with Gasteiger partial charge in [0, 0.05) is 37.1 Å². The zero-order valence-electron chi connectivity index (χ0n) is 17.4. The van der Waals surface area contributed by atoms with E-state index < -0.39 is 0 Å². The summed E-state index contributed by atoms with van der Waals surface area (Å²) in [5.74, 6) is 0.458. The summed E-state index contributed by atoms with van der Waals surface area (Å²) in [7, 11) is 0. The molecule has 0 saturated carbocycles. The zero-order valence-corrected chi connectivity index (χ0v) is 17.4. The molecule has 4 heterocycles. The van der Waals surface area contributed by atoms with Crippen molar-refractivity contribution in [2.75, 3.05) is 13.1 Å². The monoisotopic (exact) mass is 419 g/mol. The summed E-state index contributed by atoms with van der Waals surface area (Å²) >= 11 is 0. The molecular weight excluding hydrogens is 394 g/mol. The molecule has 1 aromatic carbocycles. The molecule has 1 amide bonds. The zero-order chi connectivity index (χ0) is 21.4. The average Bonchev–Trinajstić information content (AvgIpc) is 3.53. The van der Waals surface area contributed by atoms with Crippen LogP contribution >= 0.6 is 0 Å². The predicted octanol–water partition coefficient (Wildman–Crippen LogP) is 3.40. The molecule has 1 aliphatic rings. The van der Waals surface area contributed by atoms with Gasteiger partial charge in [0.15, 0.2) is 11.3 Å². The summed E-state index contributed by atoms with van der Waals surface area (Å²) in [4.78, 5) is 23.6. The number of aliphatic hydroxyl groups excluding tert-OH is 1. The third-order valence-electron chi connectivity index (χ3n) is 6.23. The Kier molecular flexibility index (Phi) is 5.07. The van der Waals surface area contributed by atoms with Crippen LogP contribution in [0, 0.1) is 5.92 Å². The number of aromatic nitrogens is 4. The van der Waals surface area contributed by atoms with Gasteiger partial charge >= 0.3 is 6.09 Å². The fraction of sp³-hybridized carbons (Fsp3) is 0.348. The molecule has 2 atom stereocenters. The van der Waals surface area contributed by atoms with Crippen LogP contribution in [0.4, 0.5) is 4.79 Å². The topological polar surface area (TPSA) is 84.9 Å². The van der Waals surface area contributed by atoms with Crippen molar-refractivity contribution in [1.82, 2.24) is 23.8 Å². The quantitative estimate of drug-likeness (QED) is 0.536. The number of rotatable bonds is 5. The van der Waals surface area contributed by atoms with Gasteiger partial charge in [-0.1, -0.05) is 43.7 Å². The Hall–Kier alpha value is -3.39. The molecule has 0 unspecified atom stereocenters. The molecule has 1 fully saturated rings. The lowest BCUT2D eigenvalue weighted by atomic mass is 9.91. The summed E-state index contributed by atoms with van der Waals surface area (Å²) in [6, 6.07) is 11.7. The van der Waals surface area contributed by atoms with E-state index in [1.165, 1.54) is 0 Å². The van der Waals surface area contributed by atoms with Crippen molar-refractivity contribution in [3.8, 4) is 0 Å². The lowest BCUT2D eigenvalue weighted by molar-refractivity contribution is 0.103. The second kappa shape index (κ2) is 8.03. The van der Waals surface area contributed by atoms with Crippen molar-refractivity contribution >= 4 is 22.9 Å². The number of nitrogens with zero attached hydrogens (tertiary/aromatic N) is 5. The molecule has 0 aliphatic carbocycles. The van der Waals surface area contributed by atoms with E-state index in [4.69, 9.17) is 4.74 Å². The molecule has 0 bridgehead atoms. The lowest BCUT2D eigenvalue weighted by Gasteiger charge is -2.17. The Morgan fingerprint density at radius 3 is 2.77 bits per heavy atom. The first-order chi connectivity index (χ1) is 15.2. The van der Waals surface area contributed by atoms with Gasteiger partial charge in [-0.05, 0) is 17.5 Å². The van der Waals surface area contributed by atoms with E-state index in [1.54, 1.807) is 15.7 Å². The van der Waals surface area contributed by atoms with Crippen LogP contribution in [-0.2, 0) is 18.1 Å². The van der Waals surface area contributed by atoms with Crippen LogP contribution in [0.2, 0.25) is 0 Å². The molecule has 5 rings (SSSR count). The first kappa shape index (κ1) is 19.6. The van der Waals surface area contributed by atoms with Gasteiger partial charge in [0.2, 0.25) is 0 Å². The smallest absolute Gasteiger partial charge is 0.410 e. The fourth-order valence-corrected chi connectivity index (χ4v) is 4.58. The lowest BCUT2D eigenvalue weighted by Crippen LogP contribution is -2.29. The molecule has 1 aliphatic heterocycles. The van der Waals surface area contributed by atoms with E-state index in [1.807, 2.05) is 48.8 Å². The summed E-state index contributed by atoms with van der Waals surface area (Å²) in [5, 5.41) is 9.58. The van der Waals surface area contributed by atoms with Crippen molar-refractivity contribution in [2.24, 2.45) is 5.92 Å². The van der Waals surface area contributed by atoms with Crippen molar-refractivity contribution in [3.63, 3.8) is 0 Å². The molecule has 1 N–H and O–H groups in total. The van der Waals surface area contributed by atoms with Crippen LogP contribution in [0.25, 0.3) is 16.8 Å². The maximum Gasteiger partial charge on any atom is 0.410 e. The third-order valence-corrected chi connectivity index (χ3v) is 6.23. The number of likely N-dealkylation sites (tertiary alicyclic amines) is 1. The summed E-state index contributed by atoms with van der Waals surface area (Å²) in [6.07, 6.45) is 6.10. The number of amides is 1. The second-order valence-corrected chi connectivity index (χ2v) is 7.99. The molecule has 3 aromatic heterocycles. The summed E-state index contributed by atoms with van der Waals surface area (Å²) in [5.41, 5.74) is 4.41. The third kappa shape index (κ3) is 3.42. The Morgan fingerprint density at radius 1 is 1.16 bits per heavy atom. The standard InChI is InChI=1S/C23H25N5O3/c1-2-17-12-27(23(30)31-14-16-6-4-3-5-7-16)13-18(17)20-10-24-21-11-25-22-19(28(20)21)8-9-26(22)15-29/h3-11,17-18,29H,2,12-15H2,1H3/t17-,18+/m1/s1. The van der Waals surface area contributed by atoms with Gasteiger partial charge in [-0.2, -0.15) is 0 Å². The minimum atomic E-state index is -0.281. The second-order valence-electron chi connectivity index (χ2n) is 7.99. The maximum atomic E-state index is 12.8. The van der Waals surface area contributed by atoms with Crippen molar-refractivity contribution in [2.45, 2.75) is 32.6 Å². The van der Waals surface area contributed by atoms with E-state index in [0.29, 0.717) is 24.7 Å². The van der Waals surface area contributed by atoms with E-state index >= 15 is 0 Å². The average molecular weight is 419 g/mol. The van der Waals surface area contributed by atoms with Crippen LogP contribution in [0.3, 0.4) is 0 Å². The number of hydrogen-bond acceptors (Lipinski definition) is 5. The van der Waals surface area contributed by atoms with Gasteiger partial charge in [0.1, 0.15) is 13.3 Å². The van der Waals surface area contributed by atoms with Gasteiger partial charge in [0.05, 0.1) is 11.7 Å². The van der Waals surface area contributed by atoms with Gasteiger partial charge in [-0.25, -0.2) is 14.8 Å². The highest BCUT2D eigenvalue weighted by Crippen LogP contribution is 2.36. The molecule has 160 valence electrons. The van der Waals surface area contributed by atoms with Crippen LogP contribution in [0.5, 0.6) is 0 Å². The first-order valence-electron chi connectivity index (χ1n) is 10.6. The number of hydrogen-bond donors (Lipinski definition) is 1.